The lowest BCUT2D eigenvalue weighted by atomic mass is 10.3. The molecule has 66 valence electrons. The Bertz CT molecular complexity index is 419. The van der Waals surface area contributed by atoms with Crippen LogP contribution in [0.3, 0.4) is 0 Å². The van der Waals surface area contributed by atoms with E-state index in [0.717, 1.165) is 11.4 Å². The van der Waals surface area contributed by atoms with E-state index in [0.29, 0.717) is 0 Å². The van der Waals surface area contributed by atoms with Gasteiger partial charge >= 0.3 is 0 Å². The summed E-state index contributed by atoms with van der Waals surface area (Å²) >= 11 is 0. The summed E-state index contributed by atoms with van der Waals surface area (Å²) in [6.45, 7) is 0. The van der Waals surface area contributed by atoms with Crippen molar-refractivity contribution in [3.63, 3.8) is 0 Å². The molecule has 0 unspecified atom stereocenters. The summed E-state index contributed by atoms with van der Waals surface area (Å²) in [7, 11) is 3.89. The minimum absolute atomic E-state index is 1.02. The second-order valence-electron chi connectivity index (χ2n) is 2.94. The van der Waals surface area contributed by atoms with Crippen LogP contribution in [0, 0.1) is 0 Å². The molecule has 0 saturated heterocycles. The molecule has 0 aliphatic heterocycles. The average molecular weight is 175 g/mol. The van der Waals surface area contributed by atoms with Gasteiger partial charge in [0, 0.05) is 19.2 Å². The van der Waals surface area contributed by atoms with E-state index >= 15 is 0 Å². The Hall–Kier alpha value is -1.71. The van der Waals surface area contributed by atoms with Gasteiger partial charge in [-0.2, -0.15) is 4.57 Å². The van der Waals surface area contributed by atoms with Crippen LogP contribution in [0.25, 0.3) is 11.4 Å². The maximum absolute atomic E-state index is 3.89. The lowest BCUT2D eigenvalue weighted by molar-refractivity contribution is -0.660. The number of aromatic nitrogens is 4. The van der Waals surface area contributed by atoms with Crippen molar-refractivity contribution >= 4 is 0 Å². The molecule has 0 bridgehead atoms. The normalized spacial score (nSPS) is 10.3. The van der Waals surface area contributed by atoms with Gasteiger partial charge in [-0.25, -0.2) is 4.68 Å². The van der Waals surface area contributed by atoms with E-state index in [1.165, 1.54) is 0 Å². The van der Waals surface area contributed by atoms with Crippen molar-refractivity contribution < 1.29 is 4.57 Å². The van der Waals surface area contributed by atoms with Crippen LogP contribution in [0.4, 0.5) is 0 Å². The molecule has 2 aromatic rings. The monoisotopic (exact) mass is 175 g/mol. The third kappa shape index (κ3) is 1.30. The highest BCUT2D eigenvalue weighted by Crippen LogP contribution is 2.10. The van der Waals surface area contributed by atoms with Crippen LogP contribution in [0.15, 0.2) is 30.6 Å². The van der Waals surface area contributed by atoms with E-state index in [4.69, 9.17) is 0 Å². The molecule has 2 aromatic heterocycles. The molecule has 13 heavy (non-hydrogen) atoms. The molecule has 0 aromatic carbocycles. The first-order chi connectivity index (χ1) is 6.29. The zero-order valence-corrected chi connectivity index (χ0v) is 7.68. The van der Waals surface area contributed by atoms with Gasteiger partial charge in [0.2, 0.25) is 5.69 Å². The fourth-order valence-electron chi connectivity index (χ4n) is 1.31. The van der Waals surface area contributed by atoms with Gasteiger partial charge in [-0.3, -0.25) is 0 Å². The predicted molar refractivity (Wildman–Crippen MR) is 47.6 cm³/mol. The smallest absolute Gasteiger partial charge is 0.232 e. The summed E-state index contributed by atoms with van der Waals surface area (Å²) < 4.78 is 3.80. The van der Waals surface area contributed by atoms with E-state index in [1.54, 1.807) is 10.9 Å². The quantitative estimate of drug-likeness (QED) is 0.584. The largest absolute Gasteiger partial charge is 0.242 e. The molecular weight excluding hydrogens is 164 g/mol. The predicted octanol–water partition coefficient (Wildman–Crippen LogP) is 0.307. The first-order valence-corrected chi connectivity index (χ1v) is 4.09. The minimum atomic E-state index is 1.02. The van der Waals surface area contributed by atoms with Crippen molar-refractivity contribution in [3.05, 3.63) is 30.6 Å². The van der Waals surface area contributed by atoms with Gasteiger partial charge in [0.1, 0.15) is 7.05 Å². The Balaban J connectivity index is 2.59. The molecule has 0 amide bonds. The molecule has 0 spiro atoms. The molecular formula is C9H11N4+. The number of pyridine rings is 1. The van der Waals surface area contributed by atoms with Crippen molar-refractivity contribution in [1.29, 1.82) is 0 Å². The Morgan fingerprint density at radius 3 is 2.85 bits per heavy atom. The molecule has 0 aliphatic rings. The highest BCUT2D eigenvalue weighted by Gasteiger charge is 2.11. The fraction of sp³-hybridized carbons (Fsp3) is 0.222. The lowest BCUT2D eigenvalue weighted by Gasteiger charge is -1.97. The number of hydrogen-bond acceptors (Lipinski definition) is 2. The van der Waals surface area contributed by atoms with Crippen LogP contribution < -0.4 is 4.57 Å². The van der Waals surface area contributed by atoms with Gasteiger partial charge in [0.25, 0.3) is 0 Å². The van der Waals surface area contributed by atoms with Crippen LogP contribution in [0.2, 0.25) is 0 Å². The molecule has 2 heterocycles. The third-order valence-electron chi connectivity index (χ3n) is 2.03. The number of rotatable bonds is 1. The first kappa shape index (κ1) is 7.91. The van der Waals surface area contributed by atoms with Gasteiger partial charge in [-0.1, -0.05) is 5.21 Å². The van der Waals surface area contributed by atoms with Crippen LogP contribution in [-0.2, 0) is 14.1 Å². The molecule has 0 fully saturated rings. The molecule has 2 rings (SSSR count). The van der Waals surface area contributed by atoms with Gasteiger partial charge in [0.05, 0.1) is 6.20 Å². The van der Waals surface area contributed by atoms with Gasteiger partial charge in [0.15, 0.2) is 11.9 Å². The minimum Gasteiger partial charge on any atom is -0.242 e. The van der Waals surface area contributed by atoms with Crippen molar-refractivity contribution in [2.45, 2.75) is 0 Å². The lowest BCUT2D eigenvalue weighted by Crippen LogP contribution is -2.30. The van der Waals surface area contributed by atoms with E-state index in [1.807, 2.05) is 43.1 Å². The van der Waals surface area contributed by atoms with Crippen LogP contribution in [0.1, 0.15) is 0 Å². The Morgan fingerprint density at radius 1 is 1.38 bits per heavy atom. The molecule has 0 saturated carbocycles. The summed E-state index contributed by atoms with van der Waals surface area (Å²) in [4.78, 5) is 0. The van der Waals surface area contributed by atoms with Crippen molar-refractivity contribution in [1.82, 2.24) is 15.0 Å². The zero-order valence-electron chi connectivity index (χ0n) is 7.68. The van der Waals surface area contributed by atoms with Gasteiger partial charge in [-0.05, 0) is 6.07 Å². The summed E-state index contributed by atoms with van der Waals surface area (Å²) in [5.74, 6) is 0. The molecule has 4 heteroatoms. The van der Waals surface area contributed by atoms with Gasteiger partial charge < -0.3 is 0 Å². The molecule has 0 N–H and O–H groups in total. The van der Waals surface area contributed by atoms with Crippen molar-refractivity contribution in [2.75, 3.05) is 0 Å². The third-order valence-corrected chi connectivity index (χ3v) is 2.03. The molecule has 0 atom stereocenters. The molecule has 0 radical (unpaired) electrons. The summed E-state index contributed by atoms with van der Waals surface area (Å²) in [5, 5.41) is 7.73. The van der Waals surface area contributed by atoms with Crippen molar-refractivity contribution in [3.8, 4) is 11.4 Å². The highest BCUT2D eigenvalue weighted by atomic mass is 15.4. The van der Waals surface area contributed by atoms with Crippen LogP contribution in [-0.4, -0.2) is 15.0 Å². The number of nitrogens with zero attached hydrogens (tertiary/aromatic N) is 4. The number of aryl methyl sites for hydroxylation is 2. The SMILES string of the molecule is Cn1nncc1-c1cccc[n+]1C. The maximum Gasteiger partial charge on any atom is 0.232 e. The topological polar surface area (TPSA) is 34.6 Å². The molecule has 4 nitrogen and oxygen atoms in total. The summed E-state index contributed by atoms with van der Waals surface area (Å²) in [6, 6.07) is 6.04. The van der Waals surface area contributed by atoms with E-state index < -0.39 is 0 Å². The Kier molecular flexibility index (Phi) is 1.81. The summed E-state index contributed by atoms with van der Waals surface area (Å²) in [6.07, 6.45) is 3.76. The standard InChI is InChI=1S/C9H11N4/c1-12-6-4-3-5-8(12)9-7-10-11-13(9)2/h3-7H,1-2H3/q+1. The number of hydrogen-bond donors (Lipinski definition) is 0. The average Bonchev–Trinajstić information content (AvgIpc) is 2.52. The highest BCUT2D eigenvalue weighted by molar-refractivity contribution is 5.48. The second-order valence-corrected chi connectivity index (χ2v) is 2.94. The zero-order chi connectivity index (χ0) is 9.26. The van der Waals surface area contributed by atoms with Crippen LogP contribution >= 0.6 is 0 Å². The maximum atomic E-state index is 3.89. The fourth-order valence-corrected chi connectivity index (χ4v) is 1.31. The summed E-state index contributed by atoms with van der Waals surface area (Å²) in [5.41, 5.74) is 2.12. The Labute approximate surface area is 76.4 Å². The molecule has 0 aliphatic carbocycles. The van der Waals surface area contributed by atoms with Gasteiger partial charge in [-0.15, -0.1) is 5.10 Å². The second kappa shape index (κ2) is 2.97. The van der Waals surface area contributed by atoms with E-state index in [9.17, 15) is 0 Å². The van der Waals surface area contributed by atoms with E-state index in [2.05, 4.69) is 10.3 Å². The first-order valence-electron chi connectivity index (χ1n) is 4.09. The Morgan fingerprint density at radius 2 is 2.23 bits per heavy atom. The van der Waals surface area contributed by atoms with Crippen LogP contribution in [0.5, 0.6) is 0 Å². The van der Waals surface area contributed by atoms with Crippen molar-refractivity contribution in [2.24, 2.45) is 14.1 Å². The van der Waals surface area contributed by atoms with E-state index in [-0.39, 0.29) is 0 Å².